The molecule has 0 spiro atoms. The van der Waals surface area contributed by atoms with Crippen LogP contribution in [0.25, 0.3) is 0 Å². The molecule has 0 unspecified atom stereocenters. The number of hydrogen-bond acceptors (Lipinski definition) is 2. The number of benzene rings is 2. The molecule has 0 bridgehead atoms. The average molecular weight is 301 g/mol. The number of ether oxygens (including phenoxy) is 1. The fraction of sp³-hybridized carbons (Fsp3) is 0.368. The fourth-order valence-corrected chi connectivity index (χ4v) is 2.32. The minimum absolute atomic E-state index is 0.193. The second-order valence-electron chi connectivity index (χ2n) is 5.93. The number of halogens is 1. The van der Waals surface area contributed by atoms with Crippen molar-refractivity contribution in [3.63, 3.8) is 0 Å². The van der Waals surface area contributed by atoms with Crippen LogP contribution in [0.15, 0.2) is 48.5 Å². The van der Waals surface area contributed by atoms with E-state index in [1.165, 1.54) is 12.1 Å². The molecular weight excluding hydrogens is 277 g/mol. The summed E-state index contributed by atoms with van der Waals surface area (Å²) in [5.74, 6) is 1.31. The Labute approximate surface area is 132 Å². The zero-order chi connectivity index (χ0) is 15.9. The SMILES string of the molecule is COc1ccc(N(CCC(C)C)Cc2ccc(F)cc2)cc1. The van der Waals surface area contributed by atoms with E-state index in [9.17, 15) is 4.39 Å². The lowest BCUT2D eigenvalue weighted by atomic mass is 10.1. The molecule has 0 aliphatic heterocycles. The van der Waals surface area contributed by atoms with Crippen molar-refractivity contribution >= 4 is 5.69 Å². The molecule has 0 N–H and O–H groups in total. The van der Waals surface area contributed by atoms with E-state index >= 15 is 0 Å². The van der Waals surface area contributed by atoms with Gasteiger partial charge in [0.15, 0.2) is 0 Å². The molecule has 0 aliphatic rings. The first-order valence-corrected chi connectivity index (χ1v) is 7.72. The van der Waals surface area contributed by atoms with Crippen molar-refractivity contribution in [2.45, 2.75) is 26.8 Å². The minimum Gasteiger partial charge on any atom is -0.497 e. The number of rotatable bonds is 7. The predicted octanol–water partition coefficient (Wildman–Crippen LogP) is 4.89. The minimum atomic E-state index is -0.193. The maximum absolute atomic E-state index is 13.1. The third kappa shape index (κ3) is 4.76. The van der Waals surface area contributed by atoms with E-state index in [4.69, 9.17) is 4.74 Å². The van der Waals surface area contributed by atoms with Gasteiger partial charge >= 0.3 is 0 Å². The van der Waals surface area contributed by atoms with Gasteiger partial charge in [-0.3, -0.25) is 0 Å². The molecule has 0 radical (unpaired) electrons. The highest BCUT2D eigenvalue weighted by Gasteiger charge is 2.09. The van der Waals surface area contributed by atoms with E-state index in [-0.39, 0.29) is 5.82 Å². The second-order valence-corrected chi connectivity index (χ2v) is 5.93. The summed E-state index contributed by atoms with van der Waals surface area (Å²) in [6, 6.07) is 14.8. The molecule has 22 heavy (non-hydrogen) atoms. The van der Waals surface area contributed by atoms with Gasteiger partial charge in [-0.1, -0.05) is 26.0 Å². The molecule has 118 valence electrons. The molecule has 0 heterocycles. The standard InChI is InChI=1S/C19H24FNO/c1-15(2)12-13-21(14-16-4-6-17(20)7-5-16)18-8-10-19(22-3)11-9-18/h4-11,15H,12-14H2,1-3H3. The van der Waals surface area contributed by atoms with Crippen LogP contribution >= 0.6 is 0 Å². The summed E-state index contributed by atoms with van der Waals surface area (Å²) in [5, 5.41) is 0. The maximum Gasteiger partial charge on any atom is 0.123 e. The second kappa shape index (κ2) is 7.83. The summed E-state index contributed by atoms with van der Waals surface area (Å²) in [6.07, 6.45) is 1.12. The van der Waals surface area contributed by atoms with Crippen molar-refractivity contribution in [3.8, 4) is 5.75 Å². The van der Waals surface area contributed by atoms with Crippen LogP contribution in [0, 0.1) is 11.7 Å². The first-order valence-electron chi connectivity index (χ1n) is 7.72. The molecule has 0 saturated carbocycles. The van der Waals surface area contributed by atoms with Crippen LogP contribution in [0.1, 0.15) is 25.8 Å². The molecule has 0 atom stereocenters. The predicted molar refractivity (Wildman–Crippen MR) is 89.9 cm³/mol. The Bertz CT molecular complexity index is 563. The number of anilines is 1. The van der Waals surface area contributed by atoms with Crippen molar-refractivity contribution in [2.24, 2.45) is 5.92 Å². The number of hydrogen-bond donors (Lipinski definition) is 0. The average Bonchev–Trinajstić information content (AvgIpc) is 2.53. The van der Waals surface area contributed by atoms with Crippen LogP contribution in [0.3, 0.4) is 0 Å². The Kier molecular flexibility index (Phi) is 5.82. The van der Waals surface area contributed by atoms with Crippen molar-refractivity contribution in [3.05, 3.63) is 59.9 Å². The zero-order valence-corrected chi connectivity index (χ0v) is 13.6. The Morgan fingerprint density at radius 2 is 1.64 bits per heavy atom. The smallest absolute Gasteiger partial charge is 0.123 e. The normalized spacial score (nSPS) is 10.8. The largest absolute Gasteiger partial charge is 0.497 e. The van der Waals surface area contributed by atoms with Gasteiger partial charge in [-0.2, -0.15) is 0 Å². The van der Waals surface area contributed by atoms with Crippen LogP contribution in [0.5, 0.6) is 5.75 Å². The Morgan fingerprint density at radius 3 is 2.18 bits per heavy atom. The lowest BCUT2D eigenvalue weighted by molar-refractivity contribution is 0.415. The first-order chi connectivity index (χ1) is 10.6. The number of nitrogens with zero attached hydrogens (tertiary/aromatic N) is 1. The van der Waals surface area contributed by atoms with E-state index in [0.717, 1.165) is 36.5 Å². The van der Waals surface area contributed by atoms with E-state index in [1.54, 1.807) is 7.11 Å². The van der Waals surface area contributed by atoms with Crippen LogP contribution in [0.2, 0.25) is 0 Å². The van der Waals surface area contributed by atoms with Gasteiger partial charge in [-0.25, -0.2) is 4.39 Å². The molecule has 2 rings (SSSR count). The maximum atomic E-state index is 13.1. The highest BCUT2D eigenvalue weighted by molar-refractivity contribution is 5.49. The van der Waals surface area contributed by atoms with E-state index in [0.29, 0.717) is 5.92 Å². The molecule has 2 aromatic carbocycles. The van der Waals surface area contributed by atoms with Crippen molar-refractivity contribution in [1.29, 1.82) is 0 Å². The summed E-state index contributed by atoms with van der Waals surface area (Å²) < 4.78 is 18.3. The van der Waals surface area contributed by atoms with Gasteiger partial charge in [0.1, 0.15) is 11.6 Å². The van der Waals surface area contributed by atoms with Gasteiger partial charge in [0.25, 0.3) is 0 Å². The third-order valence-corrected chi connectivity index (χ3v) is 3.70. The summed E-state index contributed by atoms with van der Waals surface area (Å²) in [7, 11) is 1.67. The van der Waals surface area contributed by atoms with Crippen molar-refractivity contribution < 1.29 is 9.13 Å². The lowest BCUT2D eigenvalue weighted by Crippen LogP contribution is -2.24. The van der Waals surface area contributed by atoms with Crippen LogP contribution in [-0.2, 0) is 6.54 Å². The van der Waals surface area contributed by atoms with Crippen LogP contribution in [0.4, 0.5) is 10.1 Å². The summed E-state index contributed by atoms with van der Waals surface area (Å²) in [6.45, 7) is 6.20. The Morgan fingerprint density at radius 1 is 1.00 bits per heavy atom. The van der Waals surface area contributed by atoms with Gasteiger partial charge in [-0.05, 0) is 54.3 Å². The quantitative estimate of drug-likeness (QED) is 0.722. The monoisotopic (exact) mass is 301 g/mol. The van der Waals surface area contributed by atoms with Gasteiger partial charge in [-0.15, -0.1) is 0 Å². The molecular formula is C19H24FNO. The van der Waals surface area contributed by atoms with Gasteiger partial charge < -0.3 is 9.64 Å². The molecule has 0 aliphatic carbocycles. The van der Waals surface area contributed by atoms with E-state index < -0.39 is 0 Å². The van der Waals surface area contributed by atoms with Crippen LogP contribution < -0.4 is 9.64 Å². The molecule has 3 heteroatoms. The third-order valence-electron chi connectivity index (χ3n) is 3.70. The molecule has 0 saturated heterocycles. The molecule has 2 aromatic rings. The molecule has 0 aromatic heterocycles. The Balaban J connectivity index is 2.15. The van der Waals surface area contributed by atoms with E-state index in [2.05, 4.69) is 30.9 Å². The van der Waals surface area contributed by atoms with Crippen LogP contribution in [-0.4, -0.2) is 13.7 Å². The van der Waals surface area contributed by atoms with Crippen molar-refractivity contribution in [1.82, 2.24) is 0 Å². The molecule has 2 nitrogen and oxygen atoms in total. The summed E-state index contributed by atoms with van der Waals surface area (Å²) in [5.41, 5.74) is 2.27. The zero-order valence-electron chi connectivity index (χ0n) is 13.6. The highest BCUT2D eigenvalue weighted by atomic mass is 19.1. The number of methoxy groups -OCH3 is 1. The highest BCUT2D eigenvalue weighted by Crippen LogP contribution is 2.22. The van der Waals surface area contributed by atoms with Crippen molar-refractivity contribution in [2.75, 3.05) is 18.6 Å². The van der Waals surface area contributed by atoms with E-state index in [1.807, 2.05) is 24.3 Å². The topological polar surface area (TPSA) is 12.5 Å². The summed E-state index contributed by atoms with van der Waals surface area (Å²) >= 11 is 0. The fourth-order valence-electron chi connectivity index (χ4n) is 2.32. The lowest BCUT2D eigenvalue weighted by Gasteiger charge is -2.26. The first kappa shape index (κ1) is 16.3. The van der Waals surface area contributed by atoms with Gasteiger partial charge in [0.05, 0.1) is 7.11 Å². The molecule has 0 amide bonds. The Hall–Kier alpha value is -2.03. The summed E-state index contributed by atoms with van der Waals surface area (Å²) in [4.78, 5) is 2.33. The molecule has 0 fully saturated rings. The van der Waals surface area contributed by atoms with Gasteiger partial charge in [0.2, 0.25) is 0 Å². The van der Waals surface area contributed by atoms with Gasteiger partial charge in [0, 0.05) is 18.8 Å².